The van der Waals surface area contributed by atoms with Crippen LogP contribution in [0.25, 0.3) is 0 Å². The summed E-state index contributed by atoms with van der Waals surface area (Å²) in [7, 11) is -3.01. The van der Waals surface area contributed by atoms with Crippen molar-refractivity contribution in [3.8, 4) is 11.8 Å². The number of anilines is 1. The van der Waals surface area contributed by atoms with Crippen LogP contribution < -0.4 is 9.64 Å². The SMILES string of the molecule is CCOc1ccc(N(Cc2ccccc2C#N)C2=N[C@@H]3CS(=O)(=O)C[C@H]3S2)cc1. The molecular weight excluding hydrogens is 406 g/mol. The van der Waals surface area contributed by atoms with E-state index in [9.17, 15) is 13.7 Å². The molecule has 8 heteroatoms. The van der Waals surface area contributed by atoms with E-state index in [1.54, 1.807) is 6.07 Å². The number of thioether (sulfide) groups is 1. The van der Waals surface area contributed by atoms with Crippen molar-refractivity contribution in [2.24, 2.45) is 4.99 Å². The molecule has 29 heavy (non-hydrogen) atoms. The van der Waals surface area contributed by atoms with Crippen LogP contribution in [-0.4, -0.2) is 43.0 Å². The van der Waals surface area contributed by atoms with Crippen molar-refractivity contribution in [2.45, 2.75) is 24.8 Å². The van der Waals surface area contributed by atoms with Gasteiger partial charge >= 0.3 is 0 Å². The van der Waals surface area contributed by atoms with E-state index in [-0.39, 0.29) is 22.8 Å². The summed E-state index contributed by atoms with van der Waals surface area (Å²) >= 11 is 1.52. The van der Waals surface area contributed by atoms with Gasteiger partial charge in [-0.1, -0.05) is 30.0 Å². The molecule has 0 spiro atoms. The fraction of sp³-hybridized carbons (Fsp3) is 0.333. The Labute approximate surface area is 175 Å². The molecule has 2 atom stereocenters. The van der Waals surface area contributed by atoms with Crippen LogP contribution in [0.5, 0.6) is 5.75 Å². The van der Waals surface area contributed by atoms with E-state index in [4.69, 9.17) is 9.73 Å². The van der Waals surface area contributed by atoms with E-state index in [0.717, 1.165) is 22.2 Å². The summed E-state index contributed by atoms with van der Waals surface area (Å²) in [5, 5.41) is 10.2. The minimum absolute atomic E-state index is 0.0357. The first-order valence-corrected chi connectivity index (χ1v) is 12.1. The van der Waals surface area contributed by atoms with Crippen LogP contribution >= 0.6 is 11.8 Å². The Morgan fingerprint density at radius 1 is 1.21 bits per heavy atom. The number of sulfone groups is 1. The lowest BCUT2D eigenvalue weighted by molar-refractivity contribution is 0.340. The van der Waals surface area contributed by atoms with E-state index >= 15 is 0 Å². The average molecular weight is 428 g/mol. The van der Waals surface area contributed by atoms with Crippen LogP contribution in [0.2, 0.25) is 0 Å². The molecule has 0 amide bonds. The average Bonchev–Trinajstić information content (AvgIpc) is 3.20. The van der Waals surface area contributed by atoms with Crippen LogP contribution in [0, 0.1) is 11.3 Å². The molecule has 4 rings (SSSR count). The summed E-state index contributed by atoms with van der Waals surface area (Å²) in [6, 6.07) is 17.3. The Morgan fingerprint density at radius 2 is 1.97 bits per heavy atom. The molecule has 2 heterocycles. The topological polar surface area (TPSA) is 82.8 Å². The molecular formula is C21H21N3O3S2. The van der Waals surface area contributed by atoms with Crippen LogP contribution in [0.4, 0.5) is 5.69 Å². The molecule has 0 bridgehead atoms. The molecule has 2 aromatic carbocycles. The van der Waals surface area contributed by atoms with Gasteiger partial charge in [0.1, 0.15) is 5.75 Å². The lowest BCUT2D eigenvalue weighted by atomic mass is 10.1. The quantitative estimate of drug-likeness (QED) is 0.729. The highest BCUT2D eigenvalue weighted by Gasteiger charge is 2.44. The lowest BCUT2D eigenvalue weighted by Gasteiger charge is -2.25. The molecule has 0 aromatic heterocycles. The van der Waals surface area contributed by atoms with Gasteiger partial charge in [-0.2, -0.15) is 5.26 Å². The van der Waals surface area contributed by atoms with Crippen LogP contribution in [0.3, 0.4) is 0 Å². The van der Waals surface area contributed by atoms with Gasteiger partial charge in [-0.05, 0) is 42.8 Å². The van der Waals surface area contributed by atoms with E-state index in [0.29, 0.717) is 18.7 Å². The van der Waals surface area contributed by atoms with Gasteiger partial charge in [0.15, 0.2) is 15.0 Å². The molecule has 0 N–H and O–H groups in total. The molecule has 6 nitrogen and oxygen atoms in total. The maximum atomic E-state index is 11.9. The van der Waals surface area contributed by atoms with Gasteiger partial charge in [-0.3, -0.25) is 4.99 Å². The Bertz CT molecular complexity index is 1080. The maximum absolute atomic E-state index is 11.9. The summed E-state index contributed by atoms with van der Waals surface area (Å²) in [5.41, 5.74) is 2.45. The number of nitrogens with zero attached hydrogens (tertiary/aromatic N) is 3. The Kier molecular flexibility index (Phi) is 5.52. The van der Waals surface area contributed by atoms with Crippen LogP contribution in [-0.2, 0) is 16.4 Å². The molecule has 1 saturated heterocycles. The molecule has 0 unspecified atom stereocenters. The lowest BCUT2D eigenvalue weighted by Crippen LogP contribution is -2.28. The monoisotopic (exact) mass is 427 g/mol. The van der Waals surface area contributed by atoms with Crippen molar-refractivity contribution in [1.82, 2.24) is 0 Å². The van der Waals surface area contributed by atoms with Crippen molar-refractivity contribution in [3.05, 3.63) is 59.7 Å². The number of rotatable bonds is 5. The fourth-order valence-corrected chi connectivity index (χ4v) is 7.35. The zero-order valence-electron chi connectivity index (χ0n) is 16.0. The highest BCUT2D eigenvalue weighted by Crippen LogP contribution is 2.37. The van der Waals surface area contributed by atoms with E-state index in [1.807, 2.05) is 49.4 Å². The van der Waals surface area contributed by atoms with Crippen LogP contribution in [0.15, 0.2) is 53.5 Å². The number of benzene rings is 2. The number of hydrogen-bond acceptors (Lipinski definition) is 7. The predicted molar refractivity (Wildman–Crippen MR) is 116 cm³/mol. The second-order valence-corrected chi connectivity index (χ2v) is 10.4. The van der Waals surface area contributed by atoms with Crippen molar-refractivity contribution >= 4 is 32.5 Å². The number of hydrogen-bond donors (Lipinski definition) is 0. The summed E-state index contributed by atoms with van der Waals surface area (Å²) in [6.07, 6.45) is 0. The van der Waals surface area contributed by atoms with Crippen LogP contribution in [0.1, 0.15) is 18.1 Å². The third-order valence-electron chi connectivity index (χ3n) is 4.96. The van der Waals surface area contributed by atoms with Gasteiger partial charge in [0.25, 0.3) is 0 Å². The summed E-state index contributed by atoms with van der Waals surface area (Å²) < 4.78 is 29.4. The second kappa shape index (κ2) is 8.09. The minimum atomic E-state index is -3.01. The maximum Gasteiger partial charge on any atom is 0.164 e. The smallest absolute Gasteiger partial charge is 0.164 e. The van der Waals surface area contributed by atoms with Gasteiger partial charge in [0.2, 0.25) is 0 Å². The van der Waals surface area contributed by atoms with Crippen molar-refractivity contribution in [1.29, 1.82) is 5.26 Å². The van der Waals surface area contributed by atoms with Gasteiger partial charge in [-0.25, -0.2) is 8.42 Å². The minimum Gasteiger partial charge on any atom is -0.494 e. The van der Waals surface area contributed by atoms with E-state index < -0.39 is 9.84 Å². The molecule has 0 saturated carbocycles. The number of ether oxygens (including phenoxy) is 1. The molecule has 2 aromatic rings. The first-order chi connectivity index (χ1) is 14.0. The van der Waals surface area contributed by atoms with Gasteiger partial charge in [0, 0.05) is 10.9 Å². The van der Waals surface area contributed by atoms with Crippen molar-refractivity contribution in [2.75, 3.05) is 23.0 Å². The highest BCUT2D eigenvalue weighted by molar-refractivity contribution is 8.15. The zero-order chi connectivity index (χ0) is 20.4. The largest absolute Gasteiger partial charge is 0.494 e. The third-order valence-corrected chi connectivity index (χ3v) is 8.21. The second-order valence-electron chi connectivity index (χ2n) is 6.99. The first kappa shape index (κ1) is 19.8. The summed E-state index contributed by atoms with van der Waals surface area (Å²) in [5.74, 6) is 1.07. The van der Waals surface area contributed by atoms with Crippen molar-refractivity contribution < 1.29 is 13.2 Å². The zero-order valence-corrected chi connectivity index (χ0v) is 17.6. The molecule has 150 valence electrons. The Hall–Kier alpha value is -2.50. The van der Waals surface area contributed by atoms with E-state index in [1.165, 1.54) is 11.8 Å². The number of fused-ring (bicyclic) bond motifs is 1. The van der Waals surface area contributed by atoms with Gasteiger partial charge in [0.05, 0.1) is 42.3 Å². The molecule has 0 aliphatic carbocycles. The Morgan fingerprint density at radius 3 is 2.66 bits per heavy atom. The van der Waals surface area contributed by atoms with Crippen molar-refractivity contribution in [3.63, 3.8) is 0 Å². The molecule has 2 aliphatic heterocycles. The Balaban J connectivity index is 1.67. The molecule has 2 aliphatic rings. The third kappa shape index (κ3) is 4.26. The predicted octanol–water partition coefficient (Wildman–Crippen LogP) is 3.23. The van der Waals surface area contributed by atoms with E-state index in [2.05, 4.69) is 11.0 Å². The highest BCUT2D eigenvalue weighted by atomic mass is 32.2. The van der Waals surface area contributed by atoms with Gasteiger partial charge in [-0.15, -0.1) is 0 Å². The van der Waals surface area contributed by atoms with Gasteiger partial charge < -0.3 is 9.64 Å². The standard InChI is InChI=1S/C21H21N3O3S2/c1-2-27-18-9-7-17(8-10-18)24(12-16-6-4-3-5-15(16)11-22)21-23-19-13-29(25,26)14-20(19)28-21/h3-10,19-20H,2,12-14H2,1H3/t19-,20-/m1/s1. The molecule has 0 radical (unpaired) electrons. The number of nitriles is 1. The number of aliphatic imine (C=N–C) groups is 1. The summed E-state index contributed by atoms with van der Waals surface area (Å²) in [6.45, 7) is 3.02. The summed E-state index contributed by atoms with van der Waals surface area (Å²) in [4.78, 5) is 6.80. The fourth-order valence-electron chi connectivity index (χ4n) is 3.57. The first-order valence-electron chi connectivity index (χ1n) is 9.42. The number of amidine groups is 1. The molecule has 1 fully saturated rings. The normalized spacial score (nSPS) is 21.9.